The molecular weight excluding hydrogens is 337 g/mol. The molecule has 0 bridgehead atoms. The Bertz CT molecular complexity index is 978. The van der Waals surface area contributed by atoms with Crippen LogP contribution in [0.25, 0.3) is 5.69 Å². The highest BCUT2D eigenvalue weighted by atomic mass is 31.2. The standard InChI is InChI=1S/C18H20N3O3P/c1-14-17(19-25(3,23)24-16-12-8-5-9-13-16)18(22)21(20(14)2)15-10-6-4-7-11-15/h4-13H,1-3H3,(H,19,23). The second kappa shape index (κ2) is 6.65. The maximum absolute atomic E-state index is 12.8. The normalized spacial score (nSPS) is 13.2. The molecular formula is C18H20N3O3P. The summed E-state index contributed by atoms with van der Waals surface area (Å²) in [5.41, 5.74) is 1.41. The Morgan fingerprint density at radius 3 is 2.16 bits per heavy atom. The molecule has 25 heavy (non-hydrogen) atoms. The number of aromatic nitrogens is 2. The monoisotopic (exact) mass is 357 g/mol. The van der Waals surface area contributed by atoms with Gasteiger partial charge in [0, 0.05) is 13.7 Å². The van der Waals surface area contributed by atoms with Gasteiger partial charge in [-0.25, -0.2) is 4.68 Å². The molecule has 0 radical (unpaired) electrons. The summed E-state index contributed by atoms with van der Waals surface area (Å²) in [6.45, 7) is 3.25. The van der Waals surface area contributed by atoms with Gasteiger partial charge >= 0.3 is 7.52 Å². The maximum Gasteiger partial charge on any atom is 0.338 e. The Hall–Kier alpha value is -2.72. The third kappa shape index (κ3) is 3.54. The second-order valence-corrected chi connectivity index (χ2v) is 7.90. The van der Waals surface area contributed by atoms with Crippen LogP contribution in [-0.4, -0.2) is 16.0 Å². The molecule has 6 nitrogen and oxygen atoms in total. The first-order chi connectivity index (χ1) is 11.9. The van der Waals surface area contributed by atoms with E-state index < -0.39 is 7.52 Å². The molecule has 3 rings (SSSR count). The first-order valence-corrected chi connectivity index (χ1v) is 9.91. The van der Waals surface area contributed by atoms with E-state index in [0.29, 0.717) is 11.4 Å². The van der Waals surface area contributed by atoms with Crippen molar-refractivity contribution in [2.45, 2.75) is 6.92 Å². The molecule has 1 heterocycles. The number of para-hydroxylation sites is 2. The van der Waals surface area contributed by atoms with Crippen LogP contribution >= 0.6 is 7.52 Å². The van der Waals surface area contributed by atoms with Crippen molar-refractivity contribution in [2.24, 2.45) is 7.05 Å². The predicted molar refractivity (Wildman–Crippen MR) is 100.0 cm³/mol. The smallest absolute Gasteiger partial charge is 0.338 e. The van der Waals surface area contributed by atoms with Gasteiger partial charge in [0.25, 0.3) is 5.56 Å². The molecule has 2 aromatic carbocycles. The van der Waals surface area contributed by atoms with Gasteiger partial charge in [-0.05, 0) is 31.2 Å². The van der Waals surface area contributed by atoms with Crippen LogP contribution in [0.5, 0.6) is 5.75 Å². The quantitative estimate of drug-likeness (QED) is 0.706. The molecule has 1 N–H and O–H groups in total. The molecule has 130 valence electrons. The lowest BCUT2D eigenvalue weighted by molar-refractivity contribution is 0.493. The summed E-state index contributed by atoms with van der Waals surface area (Å²) in [6, 6.07) is 18.2. The summed E-state index contributed by atoms with van der Waals surface area (Å²) in [5, 5.41) is 2.81. The largest absolute Gasteiger partial charge is 0.429 e. The zero-order chi connectivity index (χ0) is 18.0. The molecule has 0 fully saturated rings. The van der Waals surface area contributed by atoms with E-state index in [0.717, 1.165) is 5.69 Å². The molecule has 0 spiro atoms. The lowest BCUT2D eigenvalue weighted by atomic mass is 10.3. The van der Waals surface area contributed by atoms with Gasteiger partial charge in [-0.2, -0.15) is 0 Å². The highest BCUT2D eigenvalue weighted by Gasteiger charge is 2.24. The van der Waals surface area contributed by atoms with E-state index in [4.69, 9.17) is 4.52 Å². The molecule has 0 aliphatic carbocycles. The van der Waals surface area contributed by atoms with Gasteiger partial charge in [0.1, 0.15) is 11.4 Å². The molecule has 7 heteroatoms. The van der Waals surface area contributed by atoms with Crippen LogP contribution in [0.4, 0.5) is 5.69 Å². The Morgan fingerprint density at radius 2 is 1.56 bits per heavy atom. The lowest BCUT2D eigenvalue weighted by Gasteiger charge is -2.16. The number of hydrogen-bond acceptors (Lipinski definition) is 3. The highest BCUT2D eigenvalue weighted by molar-refractivity contribution is 7.60. The van der Waals surface area contributed by atoms with Gasteiger partial charge in [-0.3, -0.25) is 19.1 Å². The van der Waals surface area contributed by atoms with Crippen molar-refractivity contribution < 1.29 is 9.09 Å². The van der Waals surface area contributed by atoms with Gasteiger partial charge in [0.2, 0.25) is 0 Å². The van der Waals surface area contributed by atoms with E-state index in [9.17, 15) is 9.36 Å². The van der Waals surface area contributed by atoms with E-state index in [1.165, 1.54) is 11.3 Å². The van der Waals surface area contributed by atoms with Crippen molar-refractivity contribution in [2.75, 3.05) is 11.8 Å². The van der Waals surface area contributed by atoms with E-state index in [2.05, 4.69) is 5.09 Å². The molecule has 1 unspecified atom stereocenters. The minimum Gasteiger partial charge on any atom is -0.429 e. The minimum atomic E-state index is -3.26. The van der Waals surface area contributed by atoms with Crippen molar-refractivity contribution in [3.8, 4) is 11.4 Å². The van der Waals surface area contributed by atoms with Crippen molar-refractivity contribution in [3.05, 3.63) is 76.7 Å². The van der Waals surface area contributed by atoms with Crippen LogP contribution in [0.2, 0.25) is 0 Å². The fourth-order valence-corrected chi connectivity index (χ4v) is 3.84. The number of rotatable bonds is 5. The molecule has 3 aromatic rings. The van der Waals surface area contributed by atoms with E-state index >= 15 is 0 Å². The van der Waals surface area contributed by atoms with Crippen LogP contribution in [0, 0.1) is 6.92 Å². The van der Waals surface area contributed by atoms with Crippen molar-refractivity contribution in [1.29, 1.82) is 0 Å². The summed E-state index contributed by atoms with van der Waals surface area (Å²) >= 11 is 0. The number of benzene rings is 2. The fraction of sp³-hybridized carbons (Fsp3) is 0.167. The van der Waals surface area contributed by atoms with Crippen LogP contribution in [0.3, 0.4) is 0 Å². The van der Waals surface area contributed by atoms with Crippen molar-refractivity contribution in [3.63, 3.8) is 0 Å². The van der Waals surface area contributed by atoms with E-state index in [-0.39, 0.29) is 11.2 Å². The van der Waals surface area contributed by atoms with Crippen molar-refractivity contribution in [1.82, 2.24) is 9.36 Å². The van der Waals surface area contributed by atoms with E-state index in [1.807, 2.05) is 36.4 Å². The third-order valence-corrected chi connectivity index (χ3v) is 5.08. The number of nitrogens with zero attached hydrogens (tertiary/aromatic N) is 2. The van der Waals surface area contributed by atoms with Crippen LogP contribution in [0.1, 0.15) is 5.69 Å². The second-order valence-electron chi connectivity index (χ2n) is 5.80. The summed E-state index contributed by atoms with van der Waals surface area (Å²) < 4.78 is 21.6. The minimum absolute atomic E-state index is 0.271. The van der Waals surface area contributed by atoms with Crippen LogP contribution < -0.4 is 15.2 Å². The summed E-state index contributed by atoms with van der Waals surface area (Å²) in [6.07, 6.45) is 0. The number of anilines is 1. The summed E-state index contributed by atoms with van der Waals surface area (Å²) in [4.78, 5) is 12.8. The number of hydrogen-bond donors (Lipinski definition) is 1. The Morgan fingerprint density at radius 1 is 1.00 bits per heavy atom. The highest BCUT2D eigenvalue weighted by Crippen LogP contribution is 2.43. The van der Waals surface area contributed by atoms with E-state index in [1.54, 1.807) is 42.9 Å². The SMILES string of the molecule is Cc1c(NP(C)(=O)Oc2ccccc2)c(=O)n(-c2ccccc2)n1C. The molecule has 0 saturated carbocycles. The Kier molecular flexibility index (Phi) is 4.55. The average molecular weight is 357 g/mol. The average Bonchev–Trinajstić information content (AvgIpc) is 2.79. The van der Waals surface area contributed by atoms with Crippen LogP contribution in [-0.2, 0) is 11.6 Å². The van der Waals surface area contributed by atoms with Gasteiger partial charge in [0.15, 0.2) is 0 Å². The maximum atomic E-state index is 12.8. The fourth-order valence-electron chi connectivity index (χ4n) is 2.61. The number of nitrogens with one attached hydrogen (secondary N) is 1. The first-order valence-electron chi connectivity index (χ1n) is 7.83. The third-order valence-electron chi connectivity index (χ3n) is 3.89. The topological polar surface area (TPSA) is 65.3 Å². The van der Waals surface area contributed by atoms with Crippen LogP contribution in [0.15, 0.2) is 65.5 Å². The van der Waals surface area contributed by atoms with Gasteiger partial charge < -0.3 is 4.52 Å². The molecule has 0 aliphatic heterocycles. The zero-order valence-electron chi connectivity index (χ0n) is 14.3. The molecule has 0 saturated heterocycles. The Labute approximate surface area is 146 Å². The molecule has 0 aliphatic rings. The van der Waals surface area contributed by atoms with Gasteiger partial charge in [-0.15, -0.1) is 0 Å². The molecule has 1 atom stereocenters. The van der Waals surface area contributed by atoms with Gasteiger partial charge in [-0.1, -0.05) is 36.4 Å². The first kappa shape index (κ1) is 17.1. The zero-order valence-corrected chi connectivity index (χ0v) is 15.2. The predicted octanol–water partition coefficient (Wildman–Crippen LogP) is 3.80. The Balaban J connectivity index is 1.96. The van der Waals surface area contributed by atoms with Crippen molar-refractivity contribution >= 4 is 13.2 Å². The summed E-state index contributed by atoms with van der Waals surface area (Å²) in [5.74, 6) is 0.484. The molecule has 0 amide bonds. The molecule has 1 aromatic heterocycles. The summed E-state index contributed by atoms with van der Waals surface area (Å²) in [7, 11) is -1.48. The van der Waals surface area contributed by atoms with Gasteiger partial charge in [0.05, 0.1) is 11.4 Å². The lowest BCUT2D eigenvalue weighted by Crippen LogP contribution is -2.20.